The third-order valence-corrected chi connectivity index (χ3v) is 3.40. The highest BCUT2D eigenvalue weighted by atomic mass is 16.5. The lowest BCUT2D eigenvalue weighted by Crippen LogP contribution is -2.34. The molecule has 1 aromatic rings. The number of ether oxygens (including phenoxy) is 2. The molecule has 0 atom stereocenters. The minimum Gasteiger partial charge on any atom is -0.481 e. The number of aromatic nitrogens is 2. The maximum absolute atomic E-state index is 5.62. The average Bonchev–Trinajstić information content (AvgIpc) is 2.73. The van der Waals surface area contributed by atoms with Crippen LogP contribution < -0.4 is 20.1 Å². The lowest BCUT2D eigenvalue weighted by Gasteiger charge is -2.22. The van der Waals surface area contributed by atoms with Crippen LogP contribution in [0.2, 0.25) is 0 Å². The zero-order valence-corrected chi connectivity index (χ0v) is 12.2. The number of hydrogen-bond acceptors (Lipinski definition) is 7. The van der Waals surface area contributed by atoms with Crippen LogP contribution in [0.4, 0.5) is 5.95 Å². The first-order valence-electron chi connectivity index (χ1n) is 6.91. The number of hydrogen-bond donors (Lipinski definition) is 1. The average molecular weight is 281 g/mol. The highest BCUT2D eigenvalue weighted by Gasteiger charge is 2.18. The topological polar surface area (TPSA) is 76.7 Å². The van der Waals surface area contributed by atoms with Gasteiger partial charge in [0.1, 0.15) is 0 Å². The first kappa shape index (κ1) is 14.8. The highest BCUT2D eigenvalue weighted by molar-refractivity contribution is 5.36. The van der Waals surface area contributed by atoms with E-state index >= 15 is 0 Å². The van der Waals surface area contributed by atoms with Crippen molar-refractivity contribution in [2.75, 3.05) is 58.4 Å². The monoisotopic (exact) mass is 281 g/mol. The summed E-state index contributed by atoms with van der Waals surface area (Å²) in [5.74, 6) is 1.71. The zero-order chi connectivity index (χ0) is 14.4. The maximum atomic E-state index is 5.62. The van der Waals surface area contributed by atoms with Crippen molar-refractivity contribution in [3.63, 3.8) is 0 Å². The molecule has 1 aliphatic rings. The minimum absolute atomic E-state index is 0.523. The summed E-state index contributed by atoms with van der Waals surface area (Å²) in [6.45, 7) is 5.49. The van der Waals surface area contributed by atoms with Crippen LogP contribution in [0, 0.1) is 0 Å². The van der Waals surface area contributed by atoms with Crippen LogP contribution in [0.1, 0.15) is 6.42 Å². The Morgan fingerprint density at radius 2 is 1.80 bits per heavy atom. The molecule has 1 fully saturated rings. The summed E-state index contributed by atoms with van der Waals surface area (Å²) in [7, 11) is 3.19. The number of nitrogens with zero attached hydrogens (tertiary/aromatic N) is 4. The van der Waals surface area contributed by atoms with Crippen LogP contribution in [-0.4, -0.2) is 68.4 Å². The van der Waals surface area contributed by atoms with E-state index in [1.54, 1.807) is 20.3 Å². The van der Waals surface area contributed by atoms with Crippen LogP contribution in [0.25, 0.3) is 0 Å². The Bertz CT molecular complexity index is 407. The van der Waals surface area contributed by atoms with Crippen molar-refractivity contribution in [1.29, 1.82) is 0 Å². The summed E-state index contributed by atoms with van der Waals surface area (Å²) >= 11 is 0. The number of nitrogens with two attached hydrogens (primary N) is 1. The van der Waals surface area contributed by atoms with Gasteiger partial charge in [0.05, 0.1) is 20.3 Å². The molecule has 2 rings (SSSR count). The third kappa shape index (κ3) is 3.71. The lowest BCUT2D eigenvalue weighted by atomic mass is 10.4. The van der Waals surface area contributed by atoms with Crippen molar-refractivity contribution in [2.45, 2.75) is 6.42 Å². The molecule has 2 heterocycles. The molecule has 2 N–H and O–H groups in total. The van der Waals surface area contributed by atoms with Crippen molar-refractivity contribution in [3.8, 4) is 11.8 Å². The lowest BCUT2D eigenvalue weighted by molar-refractivity contribution is 0.302. The predicted octanol–water partition coefficient (Wildman–Crippen LogP) is -0.0354. The van der Waals surface area contributed by atoms with E-state index in [4.69, 9.17) is 15.2 Å². The van der Waals surface area contributed by atoms with Crippen molar-refractivity contribution in [2.24, 2.45) is 5.73 Å². The van der Waals surface area contributed by atoms with Gasteiger partial charge in [-0.25, -0.2) is 0 Å². The van der Waals surface area contributed by atoms with Gasteiger partial charge in [-0.3, -0.25) is 0 Å². The van der Waals surface area contributed by atoms with Gasteiger partial charge < -0.3 is 25.0 Å². The van der Waals surface area contributed by atoms with Gasteiger partial charge in [0.2, 0.25) is 17.7 Å². The Hall–Kier alpha value is -1.60. The molecule has 7 heteroatoms. The predicted molar refractivity (Wildman–Crippen MR) is 77.5 cm³/mol. The Kier molecular flexibility index (Phi) is 5.37. The normalized spacial score (nSPS) is 16.9. The number of rotatable bonds is 5. The Balaban J connectivity index is 2.10. The van der Waals surface area contributed by atoms with Crippen LogP contribution in [0.5, 0.6) is 11.8 Å². The molecule has 0 unspecified atom stereocenters. The largest absolute Gasteiger partial charge is 0.481 e. The Labute approximate surface area is 119 Å². The van der Waals surface area contributed by atoms with Crippen LogP contribution >= 0.6 is 0 Å². The first-order chi connectivity index (χ1) is 9.76. The van der Waals surface area contributed by atoms with Crippen molar-refractivity contribution in [1.82, 2.24) is 14.9 Å². The molecule has 0 aliphatic carbocycles. The van der Waals surface area contributed by atoms with E-state index in [-0.39, 0.29) is 0 Å². The summed E-state index contributed by atoms with van der Waals surface area (Å²) in [5, 5.41) is 0. The summed E-state index contributed by atoms with van der Waals surface area (Å²) in [6, 6.07) is 1.68. The van der Waals surface area contributed by atoms with Gasteiger partial charge in [-0.2, -0.15) is 9.97 Å². The Morgan fingerprint density at radius 1 is 1.10 bits per heavy atom. The van der Waals surface area contributed by atoms with Gasteiger partial charge in [-0.1, -0.05) is 0 Å². The quantitative estimate of drug-likeness (QED) is 0.811. The van der Waals surface area contributed by atoms with Gasteiger partial charge in [0.15, 0.2) is 0 Å². The molecule has 112 valence electrons. The molecular weight excluding hydrogens is 258 g/mol. The van der Waals surface area contributed by atoms with E-state index in [1.165, 1.54) is 0 Å². The SMILES string of the molecule is COc1cc(OC)nc(N2CCCN(CCN)CC2)n1. The van der Waals surface area contributed by atoms with Crippen molar-refractivity contribution >= 4 is 5.95 Å². The van der Waals surface area contributed by atoms with Crippen molar-refractivity contribution < 1.29 is 9.47 Å². The van der Waals surface area contributed by atoms with E-state index < -0.39 is 0 Å². The fourth-order valence-electron chi connectivity index (χ4n) is 2.32. The van der Waals surface area contributed by atoms with E-state index in [0.717, 1.165) is 39.1 Å². The molecule has 0 amide bonds. The first-order valence-corrected chi connectivity index (χ1v) is 6.91. The minimum atomic E-state index is 0.523. The van der Waals surface area contributed by atoms with E-state index in [1.807, 2.05) is 0 Å². The zero-order valence-electron chi connectivity index (χ0n) is 12.2. The third-order valence-electron chi connectivity index (χ3n) is 3.40. The van der Waals surface area contributed by atoms with Gasteiger partial charge in [-0.15, -0.1) is 0 Å². The molecule has 7 nitrogen and oxygen atoms in total. The molecular formula is C13H23N5O2. The molecule has 20 heavy (non-hydrogen) atoms. The summed E-state index contributed by atoms with van der Waals surface area (Å²) in [6.07, 6.45) is 1.07. The van der Waals surface area contributed by atoms with Gasteiger partial charge in [0.25, 0.3) is 0 Å². The molecule has 0 saturated carbocycles. The molecule has 0 aromatic carbocycles. The Morgan fingerprint density at radius 3 is 2.40 bits per heavy atom. The van der Waals surface area contributed by atoms with Crippen LogP contribution in [-0.2, 0) is 0 Å². The second kappa shape index (κ2) is 7.25. The fraction of sp³-hybridized carbons (Fsp3) is 0.692. The maximum Gasteiger partial charge on any atom is 0.232 e. The molecule has 0 bridgehead atoms. The standard InChI is InChI=1S/C13H23N5O2/c1-19-11-10-12(20-2)16-13(15-11)18-6-3-5-17(7-4-14)8-9-18/h10H,3-9,14H2,1-2H3. The van der Waals surface area contributed by atoms with Crippen LogP contribution in [0.15, 0.2) is 6.07 Å². The summed E-state index contributed by atoms with van der Waals surface area (Å²) in [4.78, 5) is 13.4. The number of anilines is 1. The summed E-state index contributed by atoms with van der Waals surface area (Å²) in [5.41, 5.74) is 5.62. The van der Waals surface area contributed by atoms with Gasteiger partial charge in [0, 0.05) is 32.7 Å². The summed E-state index contributed by atoms with van der Waals surface area (Å²) < 4.78 is 10.4. The van der Waals surface area contributed by atoms with Gasteiger partial charge in [-0.05, 0) is 13.0 Å². The second-order valence-corrected chi connectivity index (χ2v) is 4.72. The smallest absolute Gasteiger partial charge is 0.232 e. The molecule has 0 radical (unpaired) electrons. The van der Waals surface area contributed by atoms with E-state index in [0.29, 0.717) is 24.3 Å². The molecule has 1 saturated heterocycles. The van der Waals surface area contributed by atoms with Crippen molar-refractivity contribution in [3.05, 3.63) is 6.07 Å². The molecule has 0 spiro atoms. The second-order valence-electron chi connectivity index (χ2n) is 4.72. The van der Waals surface area contributed by atoms with E-state index in [2.05, 4.69) is 19.8 Å². The van der Waals surface area contributed by atoms with Gasteiger partial charge >= 0.3 is 0 Å². The number of methoxy groups -OCH3 is 2. The molecule has 1 aliphatic heterocycles. The van der Waals surface area contributed by atoms with Crippen LogP contribution in [0.3, 0.4) is 0 Å². The fourth-order valence-corrected chi connectivity index (χ4v) is 2.32. The molecule has 1 aromatic heterocycles. The van der Waals surface area contributed by atoms with E-state index in [9.17, 15) is 0 Å². The highest BCUT2D eigenvalue weighted by Crippen LogP contribution is 2.21.